The minimum absolute atomic E-state index is 0.308. The van der Waals surface area contributed by atoms with Gasteiger partial charge < -0.3 is 20.6 Å². The van der Waals surface area contributed by atoms with E-state index in [1.807, 2.05) is 6.07 Å². The van der Waals surface area contributed by atoms with Crippen LogP contribution in [0.4, 0.5) is 22.9 Å². The molecule has 0 aliphatic carbocycles. The van der Waals surface area contributed by atoms with Crippen molar-refractivity contribution in [3.63, 3.8) is 0 Å². The number of piperidine rings is 1. The molecule has 1 aromatic carbocycles. The number of hydrogen-bond donors (Lipinski definition) is 4. The van der Waals surface area contributed by atoms with Crippen molar-refractivity contribution >= 4 is 38.8 Å². The molecule has 0 spiro atoms. The number of amides is 1. The Bertz CT molecular complexity index is 1080. The van der Waals surface area contributed by atoms with Crippen molar-refractivity contribution in [3.05, 3.63) is 42.1 Å². The van der Waals surface area contributed by atoms with Gasteiger partial charge in [0.1, 0.15) is 11.5 Å². The summed E-state index contributed by atoms with van der Waals surface area (Å²) >= 11 is 0. The quantitative estimate of drug-likeness (QED) is 0.554. The molecule has 0 radical (unpaired) electrons. The lowest BCUT2D eigenvalue weighted by Gasteiger charge is -2.36. The molecule has 1 amide bonds. The molecule has 1 unspecified atom stereocenters. The van der Waals surface area contributed by atoms with Crippen LogP contribution in [0, 0.1) is 5.92 Å². The fraction of sp³-hybridized carbons (Fsp3) is 0.455. The molecular formula is C22H29N5O4S. The zero-order valence-electron chi connectivity index (χ0n) is 17.9. The molecule has 10 heteroatoms. The van der Waals surface area contributed by atoms with Crippen LogP contribution in [0.25, 0.3) is 0 Å². The van der Waals surface area contributed by atoms with E-state index in [0.717, 1.165) is 51.0 Å². The standard InChI is InChI=1S/C22H29N5O4S/c28-12-13-32(30,31)26-17-8-9-18-20(14-17)27-11-3-5-16(15-27)4-2-10-23-21-7-1-6-19(24-21)22(29)25-18/h1,6-9,14,16,26,28H,2-5,10-13,15H2,(H,23,24)(H,25,29). The summed E-state index contributed by atoms with van der Waals surface area (Å²) < 4.78 is 26.8. The lowest BCUT2D eigenvalue weighted by atomic mass is 9.93. The van der Waals surface area contributed by atoms with Gasteiger partial charge in [0, 0.05) is 19.6 Å². The van der Waals surface area contributed by atoms with Gasteiger partial charge in [0.05, 0.1) is 29.4 Å². The average Bonchev–Trinajstić information content (AvgIpc) is 2.77. The number of aliphatic hydroxyl groups excluding tert-OH is 1. The Morgan fingerprint density at radius 3 is 2.88 bits per heavy atom. The van der Waals surface area contributed by atoms with Crippen molar-refractivity contribution in [3.8, 4) is 0 Å². The summed E-state index contributed by atoms with van der Waals surface area (Å²) in [6.45, 7) is 2.02. The number of rotatable bonds is 4. The maximum absolute atomic E-state index is 12.9. The largest absolute Gasteiger partial charge is 0.395 e. The van der Waals surface area contributed by atoms with Crippen LogP contribution in [-0.4, -0.2) is 56.4 Å². The van der Waals surface area contributed by atoms with Crippen molar-refractivity contribution in [1.82, 2.24) is 4.98 Å². The van der Waals surface area contributed by atoms with Crippen molar-refractivity contribution < 1.29 is 18.3 Å². The molecule has 1 saturated heterocycles. The van der Waals surface area contributed by atoms with Crippen LogP contribution in [0.5, 0.6) is 0 Å². The summed E-state index contributed by atoms with van der Waals surface area (Å²) in [6, 6.07) is 10.4. The van der Waals surface area contributed by atoms with Crippen LogP contribution >= 0.6 is 0 Å². The third kappa shape index (κ3) is 5.49. The topological polar surface area (TPSA) is 124 Å². The van der Waals surface area contributed by atoms with E-state index in [9.17, 15) is 13.2 Å². The molecule has 172 valence electrons. The van der Waals surface area contributed by atoms with Gasteiger partial charge in [-0.15, -0.1) is 0 Å². The molecule has 2 aliphatic rings. The van der Waals surface area contributed by atoms with Crippen LogP contribution in [0.15, 0.2) is 36.4 Å². The fourth-order valence-corrected chi connectivity index (χ4v) is 5.11. The van der Waals surface area contributed by atoms with Gasteiger partial charge in [0.2, 0.25) is 10.0 Å². The van der Waals surface area contributed by atoms with E-state index < -0.39 is 16.6 Å². The van der Waals surface area contributed by atoms with Gasteiger partial charge in [0.25, 0.3) is 5.91 Å². The first-order valence-electron chi connectivity index (χ1n) is 11.0. The Morgan fingerprint density at radius 1 is 1.19 bits per heavy atom. The zero-order valence-corrected chi connectivity index (χ0v) is 18.7. The Hall–Kier alpha value is -2.85. The summed E-state index contributed by atoms with van der Waals surface area (Å²) in [5, 5.41) is 15.3. The smallest absolute Gasteiger partial charge is 0.274 e. The van der Waals surface area contributed by atoms with Crippen molar-refractivity contribution in [2.75, 3.05) is 52.2 Å². The SMILES string of the molecule is O=C1Nc2ccc(NS(=O)(=O)CCO)cc2N2CCCC(CCCNc3cccc1n3)C2. The normalized spacial score (nSPS) is 19.2. The number of nitrogens with zero attached hydrogens (tertiary/aromatic N) is 2. The highest BCUT2D eigenvalue weighted by atomic mass is 32.2. The van der Waals surface area contributed by atoms with E-state index in [4.69, 9.17) is 5.11 Å². The molecule has 2 aromatic rings. The van der Waals surface area contributed by atoms with E-state index in [1.54, 1.807) is 30.3 Å². The predicted molar refractivity (Wildman–Crippen MR) is 126 cm³/mol. The van der Waals surface area contributed by atoms with Gasteiger partial charge in [0.15, 0.2) is 0 Å². The van der Waals surface area contributed by atoms with Gasteiger partial charge in [-0.25, -0.2) is 13.4 Å². The number of aliphatic hydroxyl groups is 1. The third-order valence-corrected chi connectivity index (χ3v) is 7.08. The molecule has 9 nitrogen and oxygen atoms in total. The molecule has 4 rings (SSSR count). The molecule has 3 heterocycles. The molecule has 2 aliphatic heterocycles. The Balaban J connectivity index is 1.70. The summed E-state index contributed by atoms with van der Waals surface area (Å²) in [7, 11) is -3.65. The van der Waals surface area contributed by atoms with E-state index in [-0.39, 0.29) is 11.7 Å². The minimum Gasteiger partial charge on any atom is -0.395 e. The highest BCUT2D eigenvalue weighted by Crippen LogP contribution is 2.34. The second-order valence-electron chi connectivity index (χ2n) is 8.26. The summed E-state index contributed by atoms with van der Waals surface area (Å²) in [6.07, 6.45) is 4.26. The number of hydrogen-bond acceptors (Lipinski definition) is 7. The maximum Gasteiger partial charge on any atom is 0.274 e. The summed E-state index contributed by atoms with van der Waals surface area (Å²) in [5.41, 5.74) is 2.10. The van der Waals surface area contributed by atoms with Crippen molar-refractivity contribution in [2.24, 2.45) is 5.92 Å². The molecule has 4 bridgehead atoms. The fourth-order valence-electron chi connectivity index (χ4n) is 4.29. The van der Waals surface area contributed by atoms with Gasteiger partial charge in [-0.05, 0) is 61.9 Å². The number of carbonyl (C=O) groups excluding carboxylic acids is 1. The maximum atomic E-state index is 12.9. The number of carbonyl (C=O) groups is 1. The zero-order chi connectivity index (χ0) is 22.6. The number of aromatic nitrogens is 1. The molecule has 1 atom stereocenters. The van der Waals surface area contributed by atoms with Gasteiger partial charge in [-0.3, -0.25) is 9.52 Å². The highest BCUT2D eigenvalue weighted by molar-refractivity contribution is 7.92. The van der Waals surface area contributed by atoms with E-state index in [1.165, 1.54) is 0 Å². The predicted octanol–water partition coefficient (Wildman–Crippen LogP) is 2.49. The number of nitrogens with one attached hydrogen (secondary N) is 3. The van der Waals surface area contributed by atoms with Gasteiger partial charge in [-0.2, -0.15) is 0 Å². The number of pyridine rings is 1. The highest BCUT2D eigenvalue weighted by Gasteiger charge is 2.24. The first-order chi connectivity index (χ1) is 15.4. The summed E-state index contributed by atoms with van der Waals surface area (Å²) in [4.78, 5) is 19.6. The van der Waals surface area contributed by atoms with Crippen LogP contribution in [0.3, 0.4) is 0 Å². The number of sulfonamides is 1. The van der Waals surface area contributed by atoms with Crippen LogP contribution < -0.4 is 20.3 Å². The second kappa shape index (κ2) is 9.74. The number of anilines is 4. The van der Waals surface area contributed by atoms with Crippen molar-refractivity contribution in [2.45, 2.75) is 25.7 Å². The lowest BCUT2D eigenvalue weighted by Crippen LogP contribution is -2.36. The first-order valence-corrected chi connectivity index (χ1v) is 12.6. The minimum atomic E-state index is -3.65. The Labute approximate surface area is 188 Å². The molecule has 0 saturated carbocycles. The molecular weight excluding hydrogens is 430 g/mol. The molecule has 4 N–H and O–H groups in total. The van der Waals surface area contributed by atoms with Crippen LogP contribution in [-0.2, 0) is 10.0 Å². The van der Waals surface area contributed by atoms with E-state index in [2.05, 4.69) is 25.2 Å². The number of fused-ring (bicyclic) bond motifs is 6. The lowest BCUT2D eigenvalue weighted by molar-refractivity contribution is 0.102. The Kier molecular flexibility index (Phi) is 6.80. The van der Waals surface area contributed by atoms with Gasteiger partial charge >= 0.3 is 0 Å². The summed E-state index contributed by atoms with van der Waals surface area (Å²) in [5.74, 6) is 0.497. The second-order valence-corrected chi connectivity index (χ2v) is 10.1. The molecule has 32 heavy (non-hydrogen) atoms. The number of benzene rings is 1. The van der Waals surface area contributed by atoms with Crippen LogP contribution in [0.2, 0.25) is 0 Å². The van der Waals surface area contributed by atoms with E-state index >= 15 is 0 Å². The van der Waals surface area contributed by atoms with Gasteiger partial charge in [-0.1, -0.05) is 6.07 Å². The van der Waals surface area contributed by atoms with Crippen molar-refractivity contribution in [1.29, 1.82) is 0 Å². The average molecular weight is 460 g/mol. The molecule has 1 fully saturated rings. The first kappa shape index (κ1) is 22.3. The van der Waals surface area contributed by atoms with Crippen LogP contribution in [0.1, 0.15) is 36.2 Å². The third-order valence-electron chi connectivity index (χ3n) is 5.82. The Morgan fingerprint density at radius 2 is 2.03 bits per heavy atom. The van der Waals surface area contributed by atoms with E-state index in [0.29, 0.717) is 28.8 Å². The monoisotopic (exact) mass is 459 g/mol. The molecule has 1 aromatic heterocycles.